The Morgan fingerprint density at radius 1 is 1.53 bits per heavy atom. The van der Waals surface area contributed by atoms with E-state index in [-0.39, 0.29) is 11.9 Å². The molecule has 19 heavy (non-hydrogen) atoms. The number of phenols is 1. The van der Waals surface area contributed by atoms with Crippen LogP contribution in [0, 0.1) is 18.8 Å². The number of aryl methyl sites for hydroxylation is 1. The van der Waals surface area contributed by atoms with Crippen molar-refractivity contribution < 1.29 is 14.6 Å². The van der Waals surface area contributed by atoms with Crippen LogP contribution in [0.15, 0.2) is 18.2 Å². The summed E-state index contributed by atoms with van der Waals surface area (Å²) in [5.74, 6) is 1.31. The van der Waals surface area contributed by atoms with Crippen LogP contribution in [-0.4, -0.2) is 18.2 Å². The van der Waals surface area contributed by atoms with Gasteiger partial charge in [-0.2, -0.15) is 0 Å². The van der Waals surface area contributed by atoms with Gasteiger partial charge in [0.25, 0.3) is 0 Å². The first-order valence-electron chi connectivity index (χ1n) is 6.94. The third-order valence-corrected chi connectivity index (χ3v) is 4.20. The molecule has 3 heteroatoms. The number of benzene rings is 1. The van der Waals surface area contributed by atoms with Crippen LogP contribution in [0.2, 0.25) is 0 Å². The zero-order valence-corrected chi connectivity index (χ0v) is 11.8. The number of carbonyl (C=O) groups is 1. The molecule has 0 heterocycles. The molecule has 0 aromatic heterocycles. The SMILES string of the molecule is CCC(CC1CC1C(=O)OC)c1ccc(O)c(C)c1. The minimum absolute atomic E-state index is 0.0678. The van der Waals surface area contributed by atoms with Crippen LogP contribution in [0.5, 0.6) is 5.75 Å². The molecule has 0 bridgehead atoms. The van der Waals surface area contributed by atoms with Gasteiger partial charge in [-0.25, -0.2) is 0 Å². The molecular weight excluding hydrogens is 240 g/mol. The van der Waals surface area contributed by atoms with Gasteiger partial charge in [0, 0.05) is 0 Å². The fourth-order valence-corrected chi connectivity index (χ4v) is 2.78. The van der Waals surface area contributed by atoms with Gasteiger partial charge in [0.1, 0.15) is 5.75 Å². The second-order valence-corrected chi connectivity index (χ2v) is 5.51. The third kappa shape index (κ3) is 3.09. The summed E-state index contributed by atoms with van der Waals surface area (Å²) in [5.41, 5.74) is 2.17. The first kappa shape index (κ1) is 13.9. The molecule has 3 unspecified atom stereocenters. The van der Waals surface area contributed by atoms with Gasteiger partial charge in [0.2, 0.25) is 0 Å². The lowest BCUT2D eigenvalue weighted by Gasteiger charge is -2.16. The van der Waals surface area contributed by atoms with Gasteiger partial charge in [-0.05, 0) is 55.2 Å². The molecule has 1 aromatic carbocycles. The van der Waals surface area contributed by atoms with E-state index in [1.165, 1.54) is 12.7 Å². The van der Waals surface area contributed by atoms with Crippen molar-refractivity contribution in [1.82, 2.24) is 0 Å². The van der Waals surface area contributed by atoms with Crippen molar-refractivity contribution in [2.45, 2.75) is 39.0 Å². The molecular formula is C16H22O3. The summed E-state index contributed by atoms with van der Waals surface area (Å²) in [6.07, 6.45) is 3.04. The Bertz CT molecular complexity index is 467. The maximum absolute atomic E-state index is 11.4. The summed E-state index contributed by atoms with van der Waals surface area (Å²) in [7, 11) is 1.46. The molecule has 3 nitrogen and oxygen atoms in total. The number of phenolic OH excluding ortho intramolecular Hbond substituents is 1. The largest absolute Gasteiger partial charge is 0.508 e. The molecule has 3 atom stereocenters. The number of rotatable bonds is 5. The van der Waals surface area contributed by atoms with Gasteiger partial charge < -0.3 is 9.84 Å². The highest BCUT2D eigenvalue weighted by Gasteiger charge is 2.44. The lowest BCUT2D eigenvalue weighted by molar-refractivity contribution is -0.142. The zero-order chi connectivity index (χ0) is 14.0. The molecule has 1 fully saturated rings. The highest BCUT2D eigenvalue weighted by atomic mass is 16.5. The van der Waals surface area contributed by atoms with Gasteiger partial charge in [-0.3, -0.25) is 4.79 Å². The van der Waals surface area contributed by atoms with Crippen molar-refractivity contribution in [1.29, 1.82) is 0 Å². The van der Waals surface area contributed by atoms with Crippen LogP contribution in [0.3, 0.4) is 0 Å². The van der Waals surface area contributed by atoms with Crippen LogP contribution in [0.4, 0.5) is 0 Å². The molecule has 104 valence electrons. The number of esters is 1. The first-order valence-corrected chi connectivity index (χ1v) is 6.94. The summed E-state index contributed by atoms with van der Waals surface area (Å²) in [4.78, 5) is 11.4. The number of ether oxygens (including phenoxy) is 1. The topological polar surface area (TPSA) is 46.5 Å². The van der Waals surface area contributed by atoms with E-state index in [4.69, 9.17) is 4.74 Å². The fraction of sp³-hybridized carbons (Fsp3) is 0.562. The predicted molar refractivity (Wildman–Crippen MR) is 74.1 cm³/mol. The average molecular weight is 262 g/mol. The molecule has 0 aliphatic heterocycles. The van der Waals surface area contributed by atoms with Crippen LogP contribution in [-0.2, 0) is 9.53 Å². The Labute approximate surface area is 114 Å². The number of aromatic hydroxyl groups is 1. The lowest BCUT2D eigenvalue weighted by atomic mass is 9.89. The number of methoxy groups -OCH3 is 1. The lowest BCUT2D eigenvalue weighted by Crippen LogP contribution is -2.06. The molecule has 0 radical (unpaired) electrons. The summed E-state index contributed by atoms with van der Waals surface area (Å²) in [6, 6.07) is 5.81. The maximum atomic E-state index is 11.4. The maximum Gasteiger partial charge on any atom is 0.308 e. The van der Waals surface area contributed by atoms with E-state index in [9.17, 15) is 9.90 Å². The molecule has 0 amide bonds. The summed E-state index contributed by atoms with van der Waals surface area (Å²) < 4.78 is 4.79. The van der Waals surface area contributed by atoms with Crippen molar-refractivity contribution in [3.05, 3.63) is 29.3 Å². The number of hydrogen-bond acceptors (Lipinski definition) is 3. The molecule has 1 aliphatic carbocycles. The van der Waals surface area contributed by atoms with Crippen LogP contribution >= 0.6 is 0 Å². The predicted octanol–water partition coefficient (Wildman–Crippen LogP) is 3.39. The highest BCUT2D eigenvalue weighted by molar-refractivity contribution is 5.75. The van der Waals surface area contributed by atoms with Crippen molar-refractivity contribution in [3.8, 4) is 5.75 Å². The molecule has 2 rings (SSSR count). The Kier molecular flexibility index (Phi) is 4.13. The highest BCUT2D eigenvalue weighted by Crippen LogP contribution is 2.46. The Hall–Kier alpha value is -1.51. The van der Waals surface area contributed by atoms with E-state index >= 15 is 0 Å². The summed E-state index contributed by atoms with van der Waals surface area (Å²) in [6.45, 7) is 4.09. The molecule has 0 saturated heterocycles. The van der Waals surface area contributed by atoms with Gasteiger partial charge >= 0.3 is 5.97 Å². The number of hydrogen-bond donors (Lipinski definition) is 1. The van der Waals surface area contributed by atoms with E-state index < -0.39 is 0 Å². The van der Waals surface area contributed by atoms with Gasteiger partial charge in [-0.15, -0.1) is 0 Å². The van der Waals surface area contributed by atoms with E-state index in [2.05, 4.69) is 13.0 Å². The monoisotopic (exact) mass is 262 g/mol. The van der Waals surface area contributed by atoms with Crippen LogP contribution in [0.1, 0.15) is 43.2 Å². The zero-order valence-electron chi connectivity index (χ0n) is 11.8. The second-order valence-electron chi connectivity index (χ2n) is 5.51. The molecule has 1 N–H and O–H groups in total. The molecule has 1 aliphatic rings. The van der Waals surface area contributed by atoms with Crippen LogP contribution < -0.4 is 0 Å². The van der Waals surface area contributed by atoms with Gasteiger partial charge in [0.05, 0.1) is 13.0 Å². The summed E-state index contributed by atoms with van der Waals surface area (Å²) in [5, 5.41) is 9.58. The summed E-state index contributed by atoms with van der Waals surface area (Å²) >= 11 is 0. The number of carbonyl (C=O) groups excluding carboxylic acids is 1. The smallest absolute Gasteiger partial charge is 0.308 e. The minimum Gasteiger partial charge on any atom is -0.508 e. The van der Waals surface area contributed by atoms with Crippen molar-refractivity contribution in [2.24, 2.45) is 11.8 Å². The Morgan fingerprint density at radius 2 is 2.26 bits per heavy atom. The minimum atomic E-state index is -0.0678. The van der Waals surface area contributed by atoms with E-state index in [1.54, 1.807) is 6.07 Å². The van der Waals surface area contributed by atoms with E-state index in [1.807, 2.05) is 13.0 Å². The Balaban J connectivity index is 2.01. The normalized spacial score (nSPS) is 22.9. The standard InChI is InChI=1S/C16H22O3/c1-4-11(8-13-9-14(13)16(18)19-3)12-5-6-15(17)10(2)7-12/h5-7,11,13-14,17H,4,8-9H2,1-3H3. The van der Waals surface area contributed by atoms with Crippen molar-refractivity contribution in [3.63, 3.8) is 0 Å². The molecule has 1 saturated carbocycles. The average Bonchev–Trinajstić information content (AvgIpc) is 3.17. The second kappa shape index (κ2) is 5.64. The van der Waals surface area contributed by atoms with E-state index in [0.717, 1.165) is 24.8 Å². The fourth-order valence-electron chi connectivity index (χ4n) is 2.78. The first-order chi connectivity index (χ1) is 9.06. The third-order valence-electron chi connectivity index (χ3n) is 4.20. The van der Waals surface area contributed by atoms with Crippen molar-refractivity contribution >= 4 is 5.97 Å². The van der Waals surface area contributed by atoms with E-state index in [0.29, 0.717) is 17.6 Å². The quantitative estimate of drug-likeness (QED) is 0.827. The van der Waals surface area contributed by atoms with Crippen molar-refractivity contribution in [2.75, 3.05) is 7.11 Å². The molecule has 1 aromatic rings. The van der Waals surface area contributed by atoms with Gasteiger partial charge in [-0.1, -0.05) is 19.1 Å². The van der Waals surface area contributed by atoms with Crippen LogP contribution in [0.25, 0.3) is 0 Å². The van der Waals surface area contributed by atoms with Gasteiger partial charge in [0.15, 0.2) is 0 Å². The molecule has 0 spiro atoms. The Morgan fingerprint density at radius 3 is 2.84 bits per heavy atom.